The van der Waals surface area contributed by atoms with Crippen LogP contribution in [0.4, 0.5) is 11.4 Å². The van der Waals surface area contributed by atoms with Crippen molar-refractivity contribution in [3.63, 3.8) is 0 Å². The average Bonchev–Trinajstić information content (AvgIpc) is 2.74. The summed E-state index contributed by atoms with van der Waals surface area (Å²) in [5.74, 6) is -0.0952. The lowest BCUT2D eigenvalue weighted by Crippen LogP contribution is -2.17. The van der Waals surface area contributed by atoms with Gasteiger partial charge in [-0.1, -0.05) is 41.4 Å². The van der Waals surface area contributed by atoms with E-state index in [1.807, 2.05) is 12.1 Å². The van der Waals surface area contributed by atoms with E-state index in [9.17, 15) is 9.59 Å². The smallest absolute Gasteiger partial charge is 0.257 e. The molecule has 3 aromatic carbocycles. The quantitative estimate of drug-likeness (QED) is 0.357. The van der Waals surface area contributed by atoms with Crippen LogP contribution in [-0.2, 0) is 4.79 Å². The van der Waals surface area contributed by atoms with Gasteiger partial charge in [0.1, 0.15) is 5.75 Å². The van der Waals surface area contributed by atoms with Crippen molar-refractivity contribution in [2.75, 3.05) is 17.7 Å². The van der Waals surface area contributed by atoms with E-state index in [0.29, 0.717) is 32.7 Å². The molecule has 0 spiro atoms. The van der Waals surface area contributed by atoms with Gasteiger partial charge < -0.3 is 15.4 Å². The van der Waals surface area contributed by atoms with E-state index in [2.05, 4.69) is 26.6 Å². The average molecular weight is 520 g/mol. The molecule has 2 amide bonds. The van der Waals surface area contributed by atoms with Gasteiger partial charge in [0.25, 0.3) is 5.91 Å². The highest BCUT2D eigenvalue weighted by molar-refractivity contribution is 9.10. The molecule has 158 valence electrons. The SMILES string of the molecule is COc1ccc(C=CC(=O)Nc2ccccc2C(=O)Nc2ccc(Cl)cc2Cl)cc1Br. The number of amides is 2. The number of methoxy groups -OCH3 is 1. The molecule has 0 bridgehead atoms. The van der Waals surface area contributed by atoms with Gasteiger partial charge in [-0.2, -0.15) is 0 Å². The third-order valence-electron chi connectivity index (χ3n) is 4.21. The number of para-hydroxylation sites is 1. The van der Waals surface area contributed by atoms with Gasteiger partial charge in [0, 0.05) is 11.1 Å². The highest BCUT2D eigenvalue weighted by Gasteiger charge is 2.14. The lowest BCUT2D eigenvalue weighted by Gasteiger charge is -2.11. The van der Waals surface area contributed by atoms with Crippen LogP contribution in [0.15, 0.2) is 71.2 Å². The topological polar surface area (TPSA) is 67.4 Å². The normalized spacial score (nSPS) is 10.7. The highest BCUT2D eigenvalue weighted by Crippen LogP contribution is 2.27. The molecule has 0 heterocycles. The summed E-state index contributed by atoms with van der Waals surface area (Å²) in [6.45, 7) is 0. The Hall–Kier alpha value is -2.80. The lowest BCUT2D eigenvalue weighted by molar-refractivity contribution is -0.111. The molecule has 2 N–H and O–H groups in total. The van der Waals surface area contributed by atoms with Gasteiger partial charge in [0.05, 0.1) is 33.5 Å². The summed E-state index contributed by atoms with van der Waals surface area (Å²) in [5, 5.41) is 6.24. The maximum Gasteiger partial charge on any atom is 0.257 e. The Kier molecular flexibility index (Phi) is 7.74. The maximum atomic E-state index is 12.7. The molecule has 5 nitrogen and oxygen atoms in total. The fourth-order valence-electron chi connectivity index (χ4n) is 2.70. The lowest BCUT2D eigenvalue weighted by atomic mass is 10.1. The Morgan fingerprint density at radius 3 is 2.45 bits per heavy atom. The summed E-state index contributed by atoms with van der Waals surface area (Å²) in [5.41, 5.74) is 1.89. The minimum absolute atomic E-state index is 0.294. The number of carbonyl (C=O) groups is 2. The van der Waals surface area contributed by atoms with Crippen LogP contribution in [0.5, 0.6) is 5.75 Å². The Bertz CT molecular complexity index is 1170. The van der Waals surface area contributed by atoms with Gasteiger partial charge in [-0.05, 0) is 70.0 Å². The summed E-state index contributed by atoms with van der Waals surface area (Å²) in [4.78, 5) is 25.2. The molecule has 8 heteroatoms. The molecule has 0 fully saturated rings. The van der Waals surface area contributed by atoms with Gasteiger partial charge in [0.2, 0.25) is 5.91 Å². The van der Waals surface area contributed by atoms with Crippen molar-refractivity contribution in [3.8, 4) is 5.75 Å². The van der Waals surface area contributed by atoms with Crippen molar-refractivity contribution >= 4 is 68.4 Å². The summed E-state index contributed by atoms with van der Waals surface area (Å²) in [6.07, 6.45) is 3.05. The third-order valence-corrected chi connectivity index (χ3v) is 5.38. The molecule has 0 saturated heterocycles. The summed E-state index contributed by atoms with van der Waals surface area (Å²) < 4.78 is 5.97. The summed E-state index contributed by atoms with van der Waals surface area (Å²) in [7, 11) is 1.58. The van der Waals surface area contributed by atoms with Crippen LogP contribution in [0, 0.1) is 0 Å². The molecule has 0 radical (unpaired) electrons. The second-order valence-corrected chi connectivity index (χ2v) is 8.04. The van der Waals surface area contributed by atoms with Crippen LogP contribution < -0.4 is 15.4 Å². The second kappa shape index (κ2) is 10.5. The van der Waals surface area contributed by atoms with E-state index in [1.54, 1.807) is 55.7 Å². The number of halogens is 3. The van der Waals surface area contributed by atoms with Crippen molar-refractivity contribution in [3.05, 3.63) is 92.4 Å². The van der Waals surface area contributed by atoms with Crippen LogP contribution in [-0.4, -0.2) is 18.9 Å². The highest BCUT2D eigenvalue weighted by atomic mass is 79.9. The number of benzene rings is 3. The number of nitrogens with one attached hydrogen (secondary N) is 2. The van der Waals surface area contributed by atoms with Gasteiger partial charge in [0.15, 0.2) is 0 Å². The zero-order chi connectivity index (χ0) is 22.4. The minimum atomic E-state index is -0.414. The molecule has 0 aliphatic carbocycles. The maximum absolute atomic E-state index is 12.7. The standard InChI is InChI=1S/C23H17BrCl2N2O3/c1-31-21-10-6-14(12-17(21)24)7-11-22(29)27-19-5-3-2-4-16(19)23(30)28-20-9-8-15(25)13-18(20)26/h2-13H,1H3,(H,27,29)(H,28,30). The third kappa shape index (κ3) is 6.10. The van der Waals surface area contributed by atoms with Gasteiger partial charge in [-0.15, -0.1) is 0 Å². The van der Waals surface area contributed by atoms with Crippen LogP contribution in [0.25, 0.3) is 6.08 Å². The van der Waals surface area contributed by atoms with Gasteiger partial charge >= 0.3 is 0 Å². The van der Waals surface area contributed by atoms with Gasteiger partial charge in [-0.25, -0.2) is 0 Å². The van der Waals surface area contributed by atoms with E-state index in [-0.39, 0.29) is 5.91 Å². The Labute approximate surface area is 198 Å². The molecular weight excluding hydrogens is 503 g/mol. The van der Waals surface area contributed by atoms with Crippen LogP contribution in [0.2, 0.25) is 10.0 Å². The van der Waals surface area contributed by atoms with E-state index in [4.69, 9.17) is 27.9 Å². The molecule has 0 aliphatic heterocycles. The fourth-order valence-corrected chi connectivity index (χ4v) is 3.72. The van der Waals surface area contributed by atoms with Crippen molar-refractivity contribution in [2.45, 2.75) is 0 Å². The predicted molar refractivity (Wildman–Crippen MR) is 129 cm³/mol. The molecule has 0 atom stereocenters. The Morgan fingerprint density at radius 1 is 0.968 bits per heavy atom. The van der Waals surface area contributed by atoms with E-state index in [0.717, 1.165) is 10.0 Å². The number of carbonyl (C=O) groups excluding carboxylic acids is 2. The Morgan fingerprint density at radius 2 is 1.74 bits per heavy atom. The molecule has 0 unspecified atom stereocenters. The first-order valence-electron chi connectivity index (χ1n) is 9.05. The molecule has 31 heavy (non-hydrogen) atoms. The minimum Gasteiger partial charge on any atom is -0.496 e. The number of hydrogen-bond donors (Lipinski definition) is 2. The Balaban J connectivity index is 1.73. The molecule has 0 saturated carbocycles. The van der Waals surface area contributed by atoms with Crippen molar-refractivity contribution < 1.29 is 14.3 Å². The van der Waals surface area contributed by atoms with Crippen molar-refractivity contribution in [1.29, 1.82) is 0 Å². The first-order chi connectivity index (χ1) is 14.9. The fraction of sp³-hybridized carbons (Fsp3) is 0.0435. The van der Waals surface area contributed by atoms with E-state index in [1.165, 1.54) is 12.1 Å². The molecule has 3 aromatic rings. The number of ether oxygens (including phenoxy) is 1. The van der Waals surface area contributed by atoms with Crippen molar-refractivity contribution in [1.82, 2.24) is 0 Å². The van der Waals surface area contributed by atoms with Gasteiger partial charge in [-0.3, -0.25) is 9.59 Å². The number of rotatable bonds is 6. The zero-order valence-corrected chi connectivity index (χ0v) is 19.4. The van der Waals surface area contributed by atoms with Crippen molar-refractivity contribution in [2.24, 2.45) is 0 Å². The van der Waals surface area contributed by atoms with Crippen LogP contribution >= 0.6 is 39.1 Å². The van der Waals surface area contributed by atoms with Crippen LogP contribution in [0.3, 0.4) is 0 Å². The molecule has 0 aliphatic rings. The number of anilines is 2. The number of hydrogen-bond acceptors (Lipinski definition) is 3. The first kappa shape index (κ1) is 22.9. The first-order valence-corrected chi connectivity index (χ1v) is 10.6. The monoisotopic (exact) mass is 518 g/mol. The molecule has 0 aromatic heterocycles. The zero-order valence-electron chi connectivity index (χ0n) is 16.3. The largest absolute Gasteiger partial charge is 0.496 e. The van der Waals surface area contributed by atoms with E-state index >= 15 is 0 Å². The summed E-state index contributed by atoms with van der Waals surface area (Å²) in [6, 6.07) is 16.9. The predicted octanol–water partition coefficient (Wildman–Crippen LogP) is 6.67. The van der Waals surface area contributed by atoms with Crippen LogP contribution in [0.1, 0.15) is 15.9 Å². The molecular formula is C23H17BrCl2N2O3. The molecule has 3 rings (SSSR count). The second-order valence-electron chi connectivity index (χ2n) is 6.34. The van der Waals surface area contributed by atoms with E-state index < -0.39 is 5.91 Å². The summed E-state index contributed by atoms with van der Waals surface area (Å²) >= 11 is 15.4.